The molecule has 6 nitrogen and oxygen atoms in total. The topological polar surface area (TPSA) is 76.7 Å². The van der Waals surface area contributed by atoms with Crippen molar-refractivity contribution >= 4 is 17.5 Å². The van der Waals surface area contributed by atoms with Gasteiger partial charge in [-0.25, -0.2) is 0 Å². The Morgan fingerprint density at radius 1 is 0.794 bits per heavy atom. The van der Waals surface area contributed by atoms with E-state index < -0.39 is 6.04 Å². The fourth-order valence-electron chi connectivity index (χ4n) is 3.36. The molecule has 0 radical (unpaired) electrons. The van der Waals surface area contributed by atoms with Crippen molar-refractivity contribution in [2.45, 2.75) is 39.2 Å². The molecule has 2 N–H and O–H groups in total. The number of anilines is 1. The van der Waals surface area contributed by atoms with E-state index in [1.54, 1.807) is 42.5 Å². The minimum Gasteiger partial charge on any atom is -0.490 e. The third-order valence-corrected chi connectivity index (χ3v) is 5.08. The van der Waals surface area contributed by atoms with Gasteiger partial charge in [0.2, 0.25) is 5.91 Å². The smallest absolute Gasteiger partial charge is 0.251 e. The van der Waals surface area contributed by atoms with Gasteiger partial charge in [-0.1, -0.05) is 62.4 Å². The minimum absolute atomic E-state index is 0.299. The van der Waals surface area contributed by atoms with Gasteiger partial charge in [0, 0.05) is 23.7 Å². The second-order valence-corrected chi connectivity index (χ2v) is 7.93. The molecule has 0 aliphatic carbocycles. The van der Waals surface area contributed by atoms with Gasteiger partial charge in [-0.3, -0.25) is 9.59 Å². The van der Waals surface area contributed by atoms with Crippen LogP contribution in [-0.2, 0) is 11.2 Å². The monoisotopic (exact) mass is 460 g/mol. The molecule has 0 saturated carbocycles. The van der Waals surface area contributed by atoms with Crippen LogP contribution in [0.3, 0.4) is 0 Å². The average Bonchev–Trinajstić information content (AvgIpc) is 2.87. The fourth-order valence-corrected chi connectivity index (χ4v) is 3.36. The number of hydrogen-bond donors (Lipinski definition) is 2. The van der Waals surface area contributed by atoms with Crippen LogP contribution in [-0.4, -0.2) is 31.1 Å². The zero-order valence-corrected chi connectivity index (χ0v) is 19.8. The molecular formula is C28H32N2O4. The predicted molar refractivity (Wildman–Crippen MR) is 134 cm³/mol. The van der Waals surface area contributed by atoms with Gasteiger partial charge >= 0.3 is 0 Å². The Morgan fingerprint density at radius 3 is 2.06 bits per heavy atom. The molecule has 0 fully saturated rings. The summed E-state index contributed by atoms with van der Waals surface area (Å²) in [7, 11) is 0. The second kappa shape index (κ2) is 13.0. The Labute approximate surface area is 201 Å². The molecule has 0 aliphatic heterocycles. The SMILES string of the molecule is CCCOc1ccc(NC(=O)[C@@H](Cc2ccccc2)NC(=O)c2ccccc2)cc1OCCC. The molecule has 3 rings (SSSR count). The van der Waals surface area contributed by atoms with E-state index in [0.717, 1.165) is 18.4 Å². The molecule has 34 heavy (non-hydrogen) atoms. The highest BCUT2D eigenvalue weighted by Crippen LogP contribution is 2.31. The number of ether oxygens (including phenoxy) is 2. The minimum atomic E-state index is -0.758. The lowest BCUT2D eigenvalue weighted by molar-refractivity contribution is -0.118. The lowest BCUT2D eigenvalue weighted by Crippen LogP contribution is -2.45. The molecule has 0 aromatic heterocycles. The van der Waals surface area contributed by atoms with Crippen LogP contribution in [0.2, 0.25) is 0 Å². The zero-order valence-electron chi connectivity index (χ0n) is 19.8. The highest BCUT2D eigenvalue weighted by atomic mass is 16.5. The van der Waals surface area contributed by atoms with Gasteiger partial charge in [-0.2, -0.15) is 0 Å². The van der Waals surface area contributed by atoms with Crippen LogP contribution in [0.1, 0.15) is 42.6 Å². The Bertz CT molecular complexity index is 1050. The van der Waals surface area contributed by atoms with E-state index in [9.17, 15) is 9.59 Å². The lowest BCUT2D eigenvalue weighted by Gasteiger charge is -2.20. The van der Waals surface area contributed by atoms with Crippen LogP contribution in [0.15, 0.2) is 78.9 Å². The predicted octanol–water partition coefficient (Wildman–Crippen LogP) is 5.24. The van der Waals surface area contributed by atoms with Crippen molar-refractivity contribution in [2.24, 2.45) is 0 Å². The van der Waals surface area contributed by atoms with Gasteiger partial charge in [0.25, 0.3) is 5.91 Å². The van der Waals surface area contributed by atoms with Crippen LogP contribution < -0.4 is 20.1 Å². The van der Waals surface area contributed by atoms with Crippen molar-refractivity contribution in [3.05, 3.63) is 90.0 Å². The van der Waals surface area contributed by atoms with Crippen molar-refractivity contribution in [1.82, 2.24) is 5.32 Å². The molecule has 1 atom stereocenters. The van der Waals surface area contributed by atoms with E-state index in [0.29, 0.717) is 42.4 Å². The van der Waals surface area contributed by atoms with Crippen molar-refractivity contribution in [1.29, 1.82) is 0 Å². The summed E-state index contributed by atoms with van der Waals surface area (Å²) in [6, 6.07) is 23.1. The molecule has 0 heterocycles. The van der Waals surface area contributed by atoms with Crippen LogP contribution in [0.5, 0.6) is 11.5 Å². The molecule has 6 heteroatoms. The molecule has 0 bridgehead atoms. The van der Waals surface area contributed by atoms with Gasteiger partial charge in [-0.05, 0) is 42.7 Å². The Hall–Kier alpha value is -3.80. The normalized spacial score (nSPS) is 11.4. The molecular weight excluding hydrogens is 428 g/mol. The Morgan fingerprint density at radius 2 is 1.41 bits per heavy atom. The standard InChI is InChI=1S/C28H32N2O4/c1-3-17-33-25-16-15-23(20-26(25)34-18-4-2)29-28(32)24(19-21-11-7-5-8-12-21)30-27(31)22-13-9-6-10-14-22/h5-16,20,24H,3-4,17-19H2,1-2H3,(H,29,32)(H,30,31)/t24-/m1/s1. The van der Waals surface area contributed by atoms with E-state index in [-0.39, 0.29) is 11.8 Å². The summed E-state index contributed by atoms with van der Waals surface area (Å²) in [6.07, 6.45) is 2.10. The number of amides is 2. The first-order valence-electron chi connectivity index (χ1n) is 11.7. The van der Waals surface area contributed by atoms with Crippen LogP contribution in [0, 0.1) is 0 Å². The number of benzene rings is 3. The molecule has 2 amide bonds. The van der Waals surface area contributed by atoms with Gasteiger partial charge in [0.15, 0.2) is 11.5 Å². The summed E-state index contributed by atoms with van der Waals surface area (Å²) in [5, 5.41) is 5.81. The molecule has 0 aliphatic rings. The highest BCUT2D eigenvalue weighted by Gasteiger charge is 2.22. The number of carbonyl (C=O) groups is 2. The number of carbonyl (C=O) groups excluding carboxylic acids is 2. The third kappa shape index (κ3) is 7.37. The van der Waals surface area contributed by atoms with Gasteiger partial charge in [0.05, 0.1) is 13.2 Å². The van der Waals surface area contributed by atoms with Gasteiger partial charge in [-0.15, -0.1) is 0 Å². The molecule has 3 aromatic carbocycles. The van der Waals surface area contributed by atoms with Crippen LogP contribution in [0.25, 0.3) is 0 Å². The van der Waals surface area contributed by atoms with Crippen molar-refractivity contribution in [3.63, 3.8) is 0 Å². The number of rotatable bonds is 12. The fraction of sp³-hybridized carbons (Fsp3) is 0.286. The van der Waals surface area contributed by atoms with Crippen molar-refractivity contribution in [3.8, 4) is 11.5 Å². The summed E-state index contributed by atoms with van der Waals surface area (Å²) in [5.41, 5.74) is 2.03. The van der Waals surface area contributed by atoms with Gasteiger partial charge < -0.3 is 20.1 Å². The molecule has 3 aromatic rings. The molecule has 0 unspecified atom stereocenters. The number of nitrogens with one attached hydrogen (secondary N) is 2. The average molecular weight is 461 g/mol. The number of hydrogen-bond acceptors (Lipinski definition) is 4. The maximum Gasteiger partial charge on any atom is 0.251 e. The largest absolute Gasteiger partial charge is 0.490 e. The highest BCUT2D eigenvalue weighted by molar-refractivity contribution is 6.01. The van der Waals surface area contributed by atoms with E-state index in [4.69, 9.17) is 9.47 Å². The quantitative estimate of drug-likeness (QED) is 0.387. The lowest BCUT2D eigenvalue weighted by atomic mass is 10.0. The van der Waals surface area contributed by atoms with Gasteiger partial charge in [0.1, 0.15) is 6.04 Å². The summed E-state index contributed by atoms with van der Waals surface area (Å²) in [4.78, 5) is 26.1. The Balaban J connectivity index is 1.79. The zero-order chi connectivity index (χ0) is 24.2. The van der Waals surface area contributed by atoms with E-state index >= 15 is 0 Å². The first-order valence-corrected chi connectivity index (χ1v) is 11.7. The first kappa shape index (κ1) is 24.8. The third-order valence-electron chi connectivity index (χ3n) is 5.08. The summed E-state index contributed by atoms with van der Waals surface area (Å²) >= 11 is 0. The second-order valence-electron chi connectivity index (χ2n) is 7.93. The molecule has 178 valence electrons. The summed E-state index contributed by atoms with van der Waals surface area (Å²) in [6.45, 7) is 5.20. The van der Waals surface area contributed by atoms with Crippen molar-refractivity contribution < 1.29 is 19.1 Å². The molecule has 0 saturated heterocycles. The maximum absolute atomic E-state index is 13.3. The van der Waals surface area contributed by atoms with E-state index in [2.05, 4.69) is 10.6 Å². The summed E-state index contributed by atoms with van der Waals surface area (Å²) < 4.78 is 11.6. The first-order chi connectivity index (χ1) is 16.6. The molecule has 0 spiro atoms. The van der Waals surface area contributed by atoms with Crippen LogP contribution in [0.4, 0.5) is 5.69 Å². The van der Waals surface area contributed by atoms with Crippen LogP contribution >= 0.6 is 0 Å². The van der Waals surface area contributed by atoms with Crippen molar-refractivity contribution in [2.75, 3.05) is 18.5 Å². The maximum atomic E-state index is 13.3. The van der Waals surface area contributed by atoms with E-state index in [1.807, 2.05) is 50.2 Å². The Kier molecular flexibility index (Phi) is 9.52. The van der Waals surface area contributed by atoms with E-state index in [1.165, 1.54) is 0 Å². The summed E-state index contributed by atoms with van der Waals surface area (Å²) in [5.74, 6) is 0.622.